The molecular weight excluding hydrogens is 254 g/mol. The summed E-state index contributed by atoms with van der Waals surface area (Å²) in [6.45, 7) is 1.32. The number of amides is 2. The summed E-state index contributed by atoms with van der Waals surface area (Å²) >= 11 is 0. The summed E-state index contributed by atoms with van der Waals surface area (Å²) < 4.78 is 0. The zero-order valence-electron chi connectivity index (χ0n) is 10.2. The zero-order valence-corrected chi connectivity index (χ0v) is 10.2. The molecule has 0 aliphatic rings. The van der Waals surface area contributed by atoms with Crippen LogP contribution in [-0.4, -0.2) is 35.0 Å². The van der Waals surface area contributed by atoms with Gasteiger partial charge in [-0.05, 0) is 12.5 Å². The highest BCUT2D eigenvalue weighted by Gasteiger charge is 2.16. The molecule has 1 aromatic rings. The summed E-state index contributed by atoms with van der Waals surface area (Å²) in [6, 6.07) is 3.95. The number of aliphatic hydroxyl groups excluding tert-OH is 1. The van der Waals surface area contributed by atoms with Crippen LogP contribution < -0.4 is 10.6 Å². The Labute approximate surface area is 108 Å². The second-order valence-electron chi connectivity index (χ2n) is 3.69. The van der Waals surface area contributed by atoms with E-state index in [4.69, 9.17) is 5.11 Å². The number of carbonyl (C=O) groups excluding carboxylic acids is 2. The lowest BCUT2D eigenvalue weighted by Crippen LogP contribution is -2.36. The van der Waals surface area contributed by atoms with Gasteiger partial charge >= 0.3 is 11.8 Å². The third-order valence-corrected chi connectivity index (χ3v) is 2.28. The Kier molecular flexibility index (Phi) is 4.95. The van der Waals surface area contributed by atoms with E-state index in [9.17, 15) is 19.7 Å². The fraction of sp³-hybridized carbons (Fsp3) is 0.273. The lowest BCUT2D eigenvalue weighted by atomic mass is 10.2. The van der Waals surface area contributed by atoms with E-state index >= 15 is 0 Å². The highest BCUT2D eigenvalue weighted by Crippen LogP contribution is 2.21. The Bertz CT molecular complexity index is 515. The molecule has 0 aliphatic heterocycles. The number of benzene rings is 1. The van der Waals surface area contributed by atoms with Gasteiger partial charge in [0.25, 0.3) is 5.69 Å². The molecular formula is C11H13N3O5. The van der Waals surface area contributed by atoms with E-state index < -0.39 is 16.7 Å². The molecule has 0 unspecified atom stereocenters. The van der Waals surface area contributed by atoms with Gasteiger partial charge in [-0.25, -0.2) is 0 Å². The van der Waals surface area contributed by atoms with Gasteiger partial charge in [0.1, 0.15) is 0 Å². The fourth-order valence-corrected chi connectivity index (χ4v) is 1.29. The van der Waals surface area contributed by atoms with Crippen LogP contribution in [0.3, 0.4) is 0 Å². The summed E-state index contributed by atoms with van der Waals surface area (Å²) in [6.07, 6.45) is 0. The first-order chi connectivity index (χ1) is 8.95. The number of nitrogens with one attached hydrogen (secondary N) is 2. The molecule has 19 heavy (non-hydrogen) atoms. The van der Waals surface area contributed by atoms with Gasteiger partial charge in [-0.2, -0.15) is 0 Å². The highest BCUT2D eigenvalue weighted by atomic mass is 16.6. The zero-order chi connectivity index (χ0) is 14.4. The van der Waals surface area contributed by atoms with Crippen LogP contribution in [0.2, 0.25) is 0 Å². The van der Waals surface area contributed by atoms with Gasteiger partial charge in [0.05, 0.1) is 17.2 Å². The Morgan fingerprint density at radius 1 is 1.37 bits per heavy atom. The summed E-state index contributed by atoms with van der Waals surface area (Å²) in [5, 5.41) is 23.6. The molecule has 0 aromatic heterocycles. The van der Waals surface area contributed by atoms with Gasteiger partial charge in [0, 0.05) is 18.7 Å². The van der Waals surface area contributed by atoms with E-state index in [-0.39, 0.29) is 24.5 Å². The van der Waals surface area contributed by atoms with E-state index in [0.717, 1.165) is 0 Å². The van der Waals surface area contributed by atoms with Crippen LogP contribution >= 0.6 is 0 Å². The SMILES string of the molecule is Cc1ccc([N+](=O)[O-])cc1NC(=O)C(=O)NCCO. The third-order valence-electron chi connectivity index (χ3n) is 2.28. The molecule has 8 heteroatoms. The van der Waals surface area contributed by atoms with Gasteiger partial charge in [-0.3, -0.25) is 19.7 Å². The van der Waals surface area contributed by atoms with E-state index in [1.54, 1.807) is 6.92 Å². The Morgan fingerprint density at radius 2 is 2.05 bits per heavy atom. The minimum atomic E-state index is -0.947. The van der Waals surface area contributed by atoms with Crippen molar-refractivity contribution in [3.8, 4) is 0 Å². The Balaban J connectivity index is 2.81. The van der Waals surface area contributed by atoms with Crippen molar-refractivity contribution in [1.29, 1.82) is 0 Å². The molecule has 0 saturated carbocycles. The van der Waals surface area contributed by atoms with Crippen LogP contribution in [0.15, 0.2) is 18.2 Å². The first-order valence-electron chi connectivity index (χ1n) is 5.40. The van der Waals surface area contributed by atoms with Gasteiger partial charge in [0.2, 0.25) is 0 Å². The lowest BCUT2D eigenvalue weighted by Gasteiger charge is -2.08. The molecule has 2 amide bonds. The minimum Gasteiger partial charge on any atom is -0.395 e. The monoisotopic (exact) mass is 267 g/mol. The topological polar surface area (TPSA) is 122 Å². The molecule has 8 nitrogen and oxygen atoms in total. The predicted molar refractivity (Wildman–Crippen MR) is 66.6 cm³/mol. The summed E-state index contributed by atoms with van der Waals surface area (Å²) in [5.74, 6) is -1.86. The molecule has 1 aromatic carbocycles. The largest absolute Gasteiger partial charge is 0.395 e. The van der Waals surface area contributed by atoms with Crippen molar-refractivity contribution in [2.24, 2.45) is 0 Å². The summed E-state index contributed by atoms with van der Waals surface area (Å²) in [5.41, 5.74) is 0.601. The maximum Gasteiger partial charge on any atom is 0.313 e. The van der Waals surface area contributed by atoms with Gasteiger partial charge in [-0.1, -0.05) is 6.07 Å². The summed E-state index contributed by atoms with van der Waals surface area (Å²) in [4.78, 5) is 32.8. The van der Waals surface area contributed by atoms with E-state index in [0.29, 0.717) is 5.56 Å². The van der Waals surface area contributed by atoms with Gasteiger partial charge in [-0.15, -0.1) is 0 Å². The van der Waals surface area contributed by atoms with Crippen molar-refractivity contribution in [2.75, 3.05) is 18.5 Å². The Morgan fingerprint density at radius 3 is 2.63 bits per heavy atom. The smallest absolute Gasteiger partial charge is 0.313 e. The van der Waals surface area contributed by atoms with Crippen molar-refractivity contribution < 1.29 is 19.6 Å². The van der Waals surface area contributed by atoms with Crippen molar-refractivity contribution >= 4 is 23.2 Å². The molecule has 0 heterocycles. The van der Waals surface area contributed by atoms with E-state index in [1.165, 1.54) is 18.2 Å². The van der Waals surface area contributed by atoms with Crippen molar-refractivity contribution in [1.82, 2.24) is 5.32 Å². The molecule has 0 bridgehead atoms. The van der Waals surface area contributed by atoms with E-state index in [1.807, 2.05) is 0 Å². The van der Waals surface area contributed by atoms with Crippen LogP contribution in [-0.2, 0) is 9.59 Å². The van der Waals surface area contributed by atoms with Gasteiger partial charge < -0.3 is 15.7 Å². The average molecular weight is 267 g/mol. The van der Waals surface area contributed by atoms with Crippen molar-refractivity contribution in [3.05, 3.63) is 33.9 Å². The van der Waals surface area contributed by atoms with Crippen molar-refractivity contribution in [3.63, 3.8) is 0 Å². The van der Waals surface area contributed by atoms with E-state index in [2.05, 4.69) is 10.6 Å². The number of hydrogen-bond acceptors (Lipinski definition) is 5. The number of nitro benzene ring substituents is 1. The second-order valence-corrected chi connectivity index (χ2v) is 3.69. The fourth-order valence-electron chi connectivity index (χ4n) is 1.29. The number of nitro groups is 1. The molecule has 102 valence electrons. The molecule has 0 fully saturated rings. The van der Waals surface area contributed by atoms with Crippen molar-refractivity contribution in [2.45, 2.75) is 6.92 Å². The molecule has 0 saturated heterocycles. The quantitative estimate of drug-likeness (QED) is 0.401. The summed E-state index contributed by atoms with van der Waals surface area (Å²) in [7, 11) is 0. The maximum absolute atomic E-state index is 11.5. The number of aryl methyl sites for hydroxylation is 1. The molecule has 0 aliphatic carbocycles. The number of nitrogens with zero attached hydrogens (tertiary/aromatic N) is 1. The van der Waals surface area contributed by atoms with Crippen LogP contribution in [0.4, 0.5) is 11.4 Å². The molecule has 0 atom stereocenters. The molecule has 3 N–H and O–H groups in total. The second kappa shape index (κ2) is 6.45. The molecule has 1 rings (SSSR count). The minimum absolute atomic E-state index is 0.0415. The third kappa shape index (κ3) is 4.03. The first-order valence-corrected chi connectivity index (χ1v) is 5.40. The maximum atomic E-state index is 11.5. The van der Waals surface area contributed by atoms with Gasteiger partial charge in [0.15, 0.2) is 0 Å². The Hall–Kier alpha value is -2.48. The van der Waals surface area contributed by atoms with Crippen LogP contribution in [0.25, 0.3) is 0 Å². The molecule has 0 spiro atoms. The van der Waals surface area contributed by atoms with Crippen LogP contribution in [0.1, 0.15) is 5.56 Å². The normalized spacial score (nSPS) is 9.79. The standard InChI is InChI=1S/C11H13N3O5/c1-7-2-3-8(14(18)19)6-9(7)13-11(17)10(16)12-4-5-15/h2-3,6,15H,4-5H2,1H3,(H,12,16)(H,13,17). The number of hydrogen-bond donors (Lipinski definition) is 3. The average Bonchev–Trinajstić information content (AvgIpc) is 2.38. The number of aliphatic hydroxyl groups is 1. The molecule has 0 radical (unpaired) electrons. The first kappa shape index (κ1) is 14.6. The number of carbonyl (C=O) groups is 2. The highest BCUT2D eigenvalue weighted by molar-refractivity contribution is 6.39. The number of anilines is 1. The van der Waals surface area contributed by atoms with Crippen LogP contribution in [0, 0.1) is 17.0 Å². The van der Waals surface area contributed by atoms with Crippen LogP contribution in [0.5, 0.6) is 0 Å². The lowest BCUT2D eigenvalue weighted by molar-refractivity contribution is -0.384. The number of rotatable bonds is 4. The predicted octanol–water partition coefficient (Wildman–Crippen LogP) is -0.0498. The number of non-ortho nitro benzene ring substituents is 1.